The van der Waals surface area contributed by atoms with E-state index in [2.05, 4.69) is 38.2 Å². The Morgan fingerprint density at radius 1 is 1.26 bits per heavy atom. The molecule has 3 N–H and O–H groups in total. The summed E-state index contributed by atoms with van der Waals surface area (Å²) in [4.78, 5) is 22.4. The Kier molecular flexibility index (Phi) is 6.57. The fraction of sp³-hybridized carbons (Fsp3) is 0.423. The second kappa shape index (κ2) is 9.78. The molecule has 2 saturated carbocycles. The highest BCUT2D eigenvalue weighted by molar-refractivity contribution is 7.84. The first kappa shape index (κ1) is 25.5. The van der Waals surface area contributed by atoms with Gasteiger partial charge in [0.15, 0.2) is 0 Å². The number of carbonyl (C=O) groups excluding carboxylic acids is 1. The molecule has 1 aliphatic heterocycles. The topological polar surface area (TPSA) is 140 Å². The predicted molar refractivity (Wildman–Crippen MR) is 140 cm³/mol. The lowest BCUT2D eigenvalue weighted by molar-refractivity contribution is 0.0469. The number of rotatable bonds is 8. The largest absolute Gasteiger partial charge is 0.390 e. The second-order valence-corrected chi connectivity index (χ2v) is 12.5. The normalized spacial score (nSPS) is 25.7. The van der Waals surface area contributed by atoms with Gasteiger partial charge in [-0.3, -0.25) is 8.98 Å². The van der Waals surface area contributed by atoms with Crippen LogP contribution in [0.15, 0.2) is 48.2 Å². The third-order valence-corrected chi connectivity index (χ3v) is 9.56. The summed E-state index contributed by atoms with van der Waals surface area (Å²) in [7, 11) is -2.70. The molecular formula is C26H28N4O6S2. The van der Waals surface area contributed by atoms with Gasteiger partial charge in [0.25, 0.3) is 0 Å². The Morgan fingerprint density at radius 2 is 2.08 bits per heavy atom. The van der Waals surface area contributed by atoms with Gasteiger partial charge in [0.05, 0.1) is 23.2 Å². The summed E-state index contributed by atoms with van der Waals surface area (Å²) in [6.45, 7) is 0.683. The smallest absolute Gasteiger partial charge is 0.335 e. The van der Waals surface area contributed by atoms with Crippen LogP contribution in [-0.4, -0.2) is 61.2 Å². The highest BCUT2D eigenvalue weighted by Gasteiger charge is 2.49. The van der Waals surface area contributed by atoms with Crippen molar-refractivity contribution in [2.24, 2.45) is 0 Å². The molecule has 38 heavy (non-hydrogen) atoms. The number of aromatic nitrogens is 2. The zero-order valence-corrected chi connectivity index (χ0v) is 22.3. The number of anilines is 1. The molecule has 12 heteroatoms. The van der Waals surface area contributed by atoms with Gasteiger partial charge >= 0.3 is 10.3 Å². The molecule has 6 rings (SSSR count). The highest BCUT2D eigenvalue weighted by atomic mass is 32.2. The van der Waals surface area contributed by atoms with Crippen LogP contribution in [-0.2, 0) is 24.6 Å². The predicted octanol–water partition coefficient (Wildman–Crippen LogP) is 2.70. The van der Waals surface area contributed by atoms with Crippen molar-refractivity contribution in [1.29, 1.82) is 0 Å². The maximum Gasteiger partial charge on any atom is 0.335 e. The summed E-state index contributed by atoms with van der Waals surface area (Å²) in [5, 5.41) is 15.5. The van der Waals surface area contributed by atoms with Crippen molar-refractivity contribution < 1.29 is 27.2 Å². The Hall–Kier alpha value is -2.74. The van der Waals surface area contributed by atoms with Crippen molar-refractivity contribution in [3.05, 3.63) is 75.4 Å². The molecule has 1 spiro atoms. The molecule has 0 amide bonds. The Morgan fingerprint density at radius 3 is 2.87 bits per heavy atom. The Balaban J connectivity index is 1.20. The number of nitrogens with one attached hydrogen (secondary N) is 2. The standard InChI is InChI=1S/C26H28N4O6S2/c1-27-38(33,34)36-21-10-16(9-20(21)31)30-25-18(11-28-14-29-25)23(32)22-8-15(12-37-22)24-17-4-2-3-5-19(17)26(6-7-26)13-35-24/h2-5,8,11-12,14,16,20-21,24,27,31H,6-7,9-10,13H2,1H3,(H,28,29,30)/t16-,20+,21-,24+/m1/s1. The second-order valence-electron chi connectivity index (χ2n) is 10.1. The molecule has 2 aromatic heterocycles. The van der Waals surface area contributed by atoms with Gasteiger partial charge in [-0.15, -0.1) is 11.3 Å². The van der Waals surface area contributed by atoms with E-state index in [1.807, 2.05) is 17.5 Å². The molecule has 10 nitrogen and oxygen atoms in total. The first-order valence-electron chi connectivity index (χ1n) is 12.5. The number of hydrogen-bond acceptors (Lipinski definition) is 10. The monoisotopic (exact) mass is 556 g/mol. The molecular weight excluding hydrogens is 528 g/mol. The fourth-order valence-corrected chi connectivity index (χ4v) is 6.92. The molecule has 3 heterocycles. The molecule has 2 fully saturated rings. The van der Waals surface area contributed by atoms with Gasteiger partial charge in [-0.05, 0) is 53.8 Å². The van der Waals surface area contributed by atoms with E-state index in [1.165, 1.54) is 36.5 Å². The van der Waals surface area contributed by atoms with Crippen LogP contribution in [0.25, 0.3) is 0 Å². The number of fused-ring (bicyclic) bond motifs is 2. The molecule has 200 valence electrons. The molecule has 2 aliphatic carbocycles. The number of thiophene rings is 1. The molecule has 4 atom stereocenters. The molecule has 0 unspecified atom stereocenters. The number of aliphatic hydroxyl groups is 1. The molecule has 0 bridgehead atoms. The average Bonchev–Trinajstić information content (AvgIpc) is 3.37. The lowest BCUT2D eigenvalue weighted by atomic mass is 9.85. The van der Waals surface area contributed by atoms with Gasteiger partial charge in [0.2, 0.25) is 5.78 Å². The third-order valence-electron chi connectivity index (χ3n) is 7.61. The number of nitrogens with zero attached hydrogens (tertiary/aromatic N) is 2. The van der Waals surface area contributed by atoms with Crippen LogP contribution in [0.5, 0.6) is 0 Å². The van der Waals surface area contributed by atoms with E-state index in [0.29, 0.717) is 22.9 Å². The van der Waals surface area contributed by atoms with Crippen molar-refractivity contribution in [1.82, 2.24) is 14.7 Å². The van der Waals surface area contributed by atoms with Gasteiger partial charge in [-0.1, -0.05) is 24.3 Å². The first-order valence-corrected chi connectivity index (χ1v) is 14.8. The number of ketones is 1. The van der Waals surface area contributed by atoms with Crippen molar-refractivity contribution in [3.8, 4) is 0 Å². The maximum atomic E-state index is 13.5. The summed E-state index contributed by atoms with van der Waals surface area (Å²) >= 11 is 1.35. The van der Waals surface area contributed by atoms with E-state index in [9.17, 15) is 18.3 Å². The minimum absolute atomic E-state index is 0.152. The lowest BCUT2D eigenvalue weighted by Gasteiger charge is -2.32. The minimum Gasteiger partial charge on any atom is -0.390 e. The van der Waals surface area contributed by atoms with Gasteiger partial charge in [-0.25, -0.2) is 9.97 Å². The van der Waals surface area contributed by atoms with Crippen molar-refractivity contribution >= 4 is 33.2 Å². The van der Waals surface area contributed by atoms with Gasteiger partial charge in [0, 0.05) is 24.7 Å². The first-order chi connectivity index (χ1) is 18.3. The lowest BCUT2D eigenvalue weighted by Crippen LogP contribution is -2.31. The van der Waals surface area contributed by atoms with E-state index in [4.69, 9.17) is 8.92 Å². The van der Waals surface area contributed by atoms with Crippen LogP contribution in [0.3, 0.4) is 0 Å². The van der Waals surface area contributed by atoms with E-state index in [1.54, 1.807) is 0 Å². The van der Waals surface area contributed by atoms with E-state index in [-0.39, 0.29) is 36.2 Å². The molecule has 0 saturated heterocycles. The number of hydrogen-bond donors (Lipinski definition) is 3. The summed E-state index contributed by atoms with van der Waals surface area (Å²) in [6.07, 6.45) is 3.45. The van der Waals surface area contributed by atoms with Gasteiger partial charge in [-0.2, -0.15) is 13.1 Å². The number of benzene rings is 1. The quantitative estimate of drug-likeness (QED) is 0.357. The zero-order chi connectivity index (χ0) is 26.5. The minimum atomic E-state index is -3.94. The Labute approximate surface area is 224 Å². The molecule has 1 aromatic carbocycles. The van der Waals surface area contributed by atoms with E-state index >= 15 is 0 Å². The number of aliphatic hydroxyl groups excluding tert-OH is 1. The maximum absolute atomic E-state index is 13.5. The third kappa shape index (κ3) is 4.76. The molecule has 0 radical (unpaired) electrons. The SMILES string of the molecule is CNS(=O)(=O)O[C@@H]1C[C@H](Nc2ncncc2C(=O)c2cc([C@@H]3OCC4(CC4)c4ccccc43)cs2)C[C@@H]1O. The zero-order valence-electron chi connectivity index (χ0n) is 20.7. The van der Waals surface area contributed by atoms with Crippen LogP contribution in [0, 0.1) is 0 Å². The van der Waals surface area contributed by atoms with E-state index < -0.39 is 22.5 Å². The van der Waals surface area contributed by atoms with Gasteiger partial charge in [0.1, 0.15) is 24.4 Å². The summed E-state index contributed by atoms with van der Waals surface area (Å²) in [5.41, 5.74) is 3.90. The summed E-state index contributed by atoms with van der Waals surface area (Å²) < 4.78 is 36.9. The average molecular weight is 557 g/mol. The van der Waals surface area contributed by atoms with Crippen LogP contribution in [0.4, 0.5) is 5.82 Å². The van der Waals surface area contributed by atoms with Gasteiger partial charge < -0.3 is 15.2 Å². The van der Waals surface area contributed by atoms with Crippen molar-refractivity contribution in [3.63, 3.8) is 0 Å². The highest BCUT2D eigenvalue weighted by Crippen LogP contribution is 2.55. The van der Waals surface area contributed by atoms with Crippen molar-refractivity contribution in [2.45, 2.75) is 55.5 Å². The molecule has 3 aromatic rings. The molecule has 3 aliphatic rings. The van der Waals surface area contributed by atoms with Crippen molar-refractivity contribution in [2.75, 3.05) is 19.0 Å². The van der Waals surface area contributed by atoms with Crippen LogP contribution >= 0.6 is 11.3 Å². The summed E-state index contributed by atoms with van der Waals surface area (Å²) in [5.74, 6) is 0.0976. The fourth-order valence-electron chi connectivity index (χ4n) is 5.41. The number of carbonyl (C=O) groups is 1. The summed E-state index contributed by atoms with van der Waals surface area (Å²) in [6, 6.07) is 9.94. The Bertz CT molecular complexity index is 1470. The number of ether oxygens (including phenoxy) is 1. The van der Waals surface area contributed by atoms with E-state index in [0.717, 1.165) is 24.0 Å². The van der Waals surface area contributed by atoms with Crippen LogP contribution < -0.4 is 10.0 Å². The van der Waals surface area contributed by atoms with Crippen LogP contribution in [0.1, 0.15) is 63.7 Å². The van der Waals surface area contributed by atoms with Crippen LogP contribution in [0.2, 0.25) is 0 Å².